The van der Waals surface area contributed by atoms with Gasteiger partial charge in [-0.2, -0.15) is 0 Å². The molecule has 0 spiro atoms. The van der Waals surface area contributed by atoms with Gasteiger partial charge in [-0.25, -0.2) is 0 Å². The molecule has 1 saturated heterocycles. The zero-order valence-electron chi connectivity index (χ0n) is 10.4. The highest BCUT2D eigenvalue weighted by Gasteiger charge is 2.26. The number of likely N-dealkylation sites (tertiary alicyclic amines) is 1. The molecule has 0 saturated carbocycles. The molecule has 1 atom stereocenters. The predicted molar refractivity (Wildman–Crippen MR) is 69.5 cm³/mol. The van der Waals surface area contributed by atoms with Crippen molar-refractivity contribution < 1.29 is 9.18 Å². The summed E-state index contributed by atoms with van der Waals surface area (Å²) < 4.78 is 12.6. The molecule has 4 nitrogen and oxygen atoms in total. The van der Waals surface area contributed by atoms with Gasteiger partial charge in [0.25, 0.3) is 5.91 Å². The molecule has 19 heavy (non-hydrogen) atoms. The first-order valence-corrected chi connectivity index (χ1v) is 6.34. The van der Waals surface area contributed by atoms with E-state index in [1.807, 2.05) is 0 Å². The molecule has 1 unspecified atom stereocenters. The third-order valence-electron chi connectivity index (χ3n) is 3.51. The molecule has 1 aromatic heterocycles. The fourth-order valence-electron chi connectivity index (χ4n) is 2.42. The van der Waals surface area contributed by atoms with Crippen LogP contribution < -0.4 is 0 Å². The Bertz CT molecular complexity index is 616. The largest absolute Gasteiger partial charge is 0.338 e. The normalized spacial score (nSPS) is 19.0. The number of rotatable bonds is 2. The van der Waals surface area contributed by atoms with Gasteiger partial charge < -0.3 is 4.90 Å². The lowest BCUT2D eigenvalue weighted by Gasteiger charge is -2.16. The van der Waals surface area contributed by atoms with E-state index in [1.165, 1.54) is 0 Å². The molecule has 1 fully saturated rings. The van der Waals surface area contributed by atoms with Crippen molar-refractivity contribution >= 4 is 16.9 Å². The third kappa shape index (κ3) is 2.28. The smallest absolute Gasteiger partial charge is 0.253 e. The number of carbonyl (C=O) groups excluding carboxylic acids is 1. The van der Waals surface area contributed by atoms with Gasteiger partial charge in [0.15, 0.2) is 0 Å². The van der Waals surface area contributed by atoms with Crippen molar-refractivity contribution in [2.75, 3.05) is 19.8 Å². The highest BCUT2D eigenvalue weighted by atomic mass is 19.1. The van der Waals surface area contributed by atoms with Crippen molar-refractivity contribution in [2.45, 2.75) is 6.42 Å². The monoisotopic (exact) mass is 259 g/mol. The summed E-state index contributed by atoms with van der Waals surface area (Å²) in [6.45, 7) is 0.784. The van der Waals surface area contributed by atoms with Crippen molar-refractivity contribution in [3.8, 4) is 0 Å². The van der Waals surface area contributed by atoms with Gasteiger partial charge in [0, 0.05) is 37.0 Å². The summed E-state index contributed by atoms with van der Waals surface area (Å²) >= 11 is 0. The Kier molecular flexibility index (Phi) is 3.11. The van der Waals surface area contributed by atoms with E-state index in [4.69, 9.17) is 0 Å². The van der Waals surface area contributed by atoms with Gasteiger partial charge in [-0.1, -0.05) is 0 Å². The number of carbonyl (C=O) groups is 1. The van der Waals surface area contributed by atoms with E-state index < -0.39 is 0 Å². The Morgan fingerprint density at radius 1 is 1.32 bits per heavy atom. The number of nitrogens with zero attached hydrogens (tertiary/aromatic N) is 3. The summed E-state index contributed by atoms with van der Waals surface area (Å²) in [7, 11) is 0. The number of halogens is 1. The lowest BCUT2D eigenvalue weighted by Crippen LogP contribution is -2.28. The second-order valence-electron chi connectivity index (χ2n) is 4.82. The van der Waals surface area contributed by atoms with Crippen LogP contribution in [0.3, 0.4) is 0 Å². The zero-order chi connectivity index (χ0) is 13.2. The average molecular weight is 259 g/mol. The van der Waals surface area contributed by atoms with Crippen LogP contribution in [0.4, 0.5) is 4.39 Å². The first-order chi connectivity index (χ1) is 9.28. The highest BCUT2D eigenvalue weighted by molar-refractivity contribution is 5.97. The van der Waals surface area contributed by atoms with Gasteiger partial charge in [0.1, 0.15) is 0 Å². The van der Waals surface area contributed by atoms with Crippen molar-refractivity contribution in [3.63, 3.8) is 0 Å². The van der Waals surface area contributed by atoms with Crippen molar-refractivity contribution in [1.29, 1.82) is 0 Å². The van der Waals surface area contributed by atoms with E-state index in [0.29, 0.717) is 24.2 Å². The summed E-state index contributed by atoms with van der Waals surface area (Å²) in [5.41, 5.74) is 2.06. The molecule has 5 heteroatoms. The number of hydrogen-bond acceptors (Lipinski definition) is 3. The first kappa shape index (κ1) is 12.0. The predicted octanol–water partition coefficient (Wildman–Crippen LogP) is 2.06. The molecule has 1 aromatic carbocycles. The van der Waals surface area contributed by atoms with Gasteiger partial charge >= 0.3 is 0 Å². The lowest BCUT2D eigenvalue weighted by molar-refractivity contribution is 0.0785. The van der Waals surface area contributed by atoms with Crippen LogP contribution >= 0.6 is 0 Å². The van der Waals surface area contributed by atoms with Crippen molar-refractivity contribution in [2.24, 2.45) is 5.92 Å². The van der Waals surface area contributed by atoms with Crippen LogP contribution in [0.5, 0.6) is 0 Å². The topological polar surface area (TPSA) is 46.1 Å². The van der Waals surface area contributed by atoms with E-state index in [1.54, 1.807) is 35.5 Å². The molecule has 98 valence electrons. The molecular formula is C14H14FN3O. The summed E-state index contributed by atoms with van der Waals surface area (Å²) in [6.07, 6.45) is 3.97. The van der Waals surface area contributed by atoms with Gasteiger partial charge in [-0.3, -0.25) is 19.2 Å². The minimum Gasteiger partial charge on any atom is -0.338 e. The number of alkyl halides is 1. The summed E-state index contributed by atoms with van der Waals surface area (Å²) in [4.78, 5) is 22.4. The third-order valence-corrected chi connectivity index (χ3v) is 3.51. The summed E-state index contributed by atoms with van der Waals surface area (Å²) in [5, 5.41) is 0. The van der Waals surface area contributed by atoms with Crippen LogP contribution in [-0.4, -0.2) is 40.5 Å². The summed E-state index contributed by atoms with van der Waals surface area (Å²) in [6, 6.07) is 5.29. The maximum Gasteiger partial charge on any atom is 0.253 e. The van der Waals surface area contributed by atoms with Crippen LogP contribution in [-0.2, 0) is 0 Å². The van der Waals surface area contributed by atoms with E-state index in [9.17, 15) is 9.18 Å². The molecular weight excluding hydrogens is 245 g/mol. The number of benzene rings is 1. The molecule has 0 aliphatic carbocycles. The van der Waals surface area contributed by atoms with Crippen molar-refractivity contribution in [3.05, 3.63) is 36.2 Å². The van der Waals surface area contributed by atoms with Gasteiger partial charge in [-0.05, 0) is 24.6 Å². The minimum absolute atomic E-state index is 0.0100. The van der Waals surface area contributed by atoms with E-state index in [-0.39, 0.29) is 18.5 Å². The van der Waals surface area contributed by atoms with Crippen LogP contribution in [0.1, 0.15) is 16.8 Å². The van der Waals surface area contributed by atoms with Crippen LogP contribution in [0.2, 0.25) is 0 Å². The Morgan fingerprint density at radius 3 is 2.84 bits per heavy atom. The second-order valence-corrected chi connectivity index (χ2v) is 4.82. The molecule has 2 heterocycles. The molecule has 1 amide bonds. The fourth-order valence-corrected chi connectivity index (χ4v) is 2.42. The maximum absolute atomic E-state index is 12.6. The average Bonchev–Trinajstić information content (AvgIpc) is 2.95. The Hall–Kier alpha value is -2.04. The van der Waals surface area contributed by atoms with E-state index >= 15 is 0 Å². The molecule has 0 radical (unpaired) electrons. The van der Waals surface area contributed by atoms with Gasteiger partial charge in [0.05, 0.1) is 17.7 Å². The maximum atomic E-state index is 12.6. The second kappa shape index (κ2) is 4.91. The lowest BCUT2D eigenvalue weighted by atomic mass is 10.1. The molecule has 0 N–H and O–H groups in total. The molecule has 1 aliphatic heterocycles. The molecule has 2 aromatic rings. The van der Waals surface area contributed by atoms with Crippen LogP contribution in [0.15, 0.2) is 30.6 Å². The number of aromatic nitrogens is 2. The Balaban J connectivity index is 1.85. The molecule has 1 aliphatic rings. The van der Waals surface area contributed by atoms with E-state index in [2.05, 4.69) is 9.97 Å². The number of amides is 1. The standard InChI is InChI=1S/C14H14FN3O/c15-8-10-3-6-18(9-10)14(19)11-1-2-12-13(7-11)17-5-4-16-12/h1-2,4-5,7,10H,3,6,8-9H2. The van der Waals surface area contributed by atoms with Crippen LogP contribution in [0, 0.1) is 5.92 Å². The number of hydrogen-bond donors (Lipinski definition) is 0. The fraction of sp³-hybridized carbons (Fsp3) is 0.357. The van der Waals surface area contributed by atoms with Gasteiger partial charge in [0.2, 0.25) is 0 Å². The number of fused-ring (bicyclic) bond motifs is 1. The Labute approximate surface area is 110 Å². The highest BCUT2D eigenvalue weighted by Crippen LogP contribution is 2.20. The SMILES string of the molecule is O=C(c1ccc2nccnc2c1)N1CCC(CF)C1. The van der Waals surface area contributed by atoms with Crippen molar-refractivity contribution in [1.82, 2.24) is 14.9 Å². The van der Waals surface area contributed by atoms with Crippen LogP contribution in [0.25, 0.3) is 11.0 Å². The Morgan fingerprint density at radius 2 is 2.11 bits per heavy atom. The quantitative estimate of drug-likeness (QED) is 0.829. The molecule has 3 rings (SSSR count). The first-order valence-electron chi connectivity index (χ1n) is 6.34. The van der Waals surface area contributed by atoms with E-state index in [0.717, 1.165) is 11.9 Å². The summed E-state index contributed by atoms with van der Waals surface area (Å²) in [5.74, 6) is -0.0623. The zero-order valence-corrected chi connectivity index (χ0v) is 10.4. The van der Waals surface area contributed by atoms with Gasteiger partial charge in [-0.15, -0.1) is 0 Å². The minimum atomic E-state index is -0.354. The molecule has 0 bridgehead atoms.